The maximum atomic E-state index is 5.92. The van der Waals surface area contributed by atoms with Crippen LogP contribution in [0.15, 0.2) is 23.2 Å². The number of pyridine rings is 1. The van der Waals surface area contributed by atoms with E-state index in [-0.39, 0.29) is 0 Å². The molecule has 0 atom stereocenters. The zero-order valence-electron chi connectivity index (χ0n) is 9.67. The average molecular weight is 264 g/mol. The minimum Gasteiger partial charge on any atom is -0.343 e. The van der Waals surface area contributed by atoms with Gasteiger partial charge in [-0.3, -0.25) is 0 Å². The number of fused-ring (bicyclic) bond motifs is 1. The highest BCUT2D eigenvalue weighted by Gasteiger charge is 2.14. The SMILES string of the molecule is Cc1ccnc2c1nc(CCl)n2Cc1ncon1. The van der Waals surface area contributed by atoms with Crippen LogP contribution in [0.3, 0.4) is 0 Å². The van der Waals surface area contributed by atoms with E-state index < -0.39 is 0 Å². The van der Waals surface area contributed by atoms with Crippen molar-refractivity contribution in [2.45, 2.75) is 19.3 Å². The molecule has 0 amide bonds. The molecule has 0 unspecified atom stereocenters. The van der Waals surface area contributed by atoms with E-state index in [0.29, 0.717) is 18.2 Å². The lowest BCUT2D eigenvalue weighted by Gasteiger charge is -2.03. The van der Waals surface area contributed by atoms with Crippen molar-refractivity contribution in [1.82, 2.24) is 24.7 Å². The van der Waals surface area contributed by atoms with Gasteiger partial charge in [0.15, 0.2) is 11.5 Å². The van der Waals surface area contributed by atoms with E-state index in [4.69, 9.17) is 16.1 Å². The molecule has 0 saturated heterocycles. The Morgan fingerprint density at radius 3 is 3.00 bits per heavy atom. The number of rotatable bonds is 3. The van der Waals surface area contributed by atoms with E-state index in [1.807, 2.05) is 17.6 Å². The van der Waals surface area contributed by atoms with E-state index in [9.17, 15) is 0 Å². The highest BCUT2D eigenvalue weighted by Crippen LogP contribution is 2.19. The third kappa shape index (κ3) is 1.74. The van der Waals surface area contributed by atoms with Gasteiger partial charge in [0.1, 0.15) is 11.3 Å². The van der Waals surface area contributed by atoms with Crippen molar-refractivity contribution in [3.63, 3.8) is 0 Å². The number of nitrogens with zero attached hydrogens (tertiary/aromatic N) is 5. The molecule has 0 spiro atoms. The van der Waals surface area contributed by atoms with Crippen LogP contribution in [0.5, 0.6) is 0 Å². The highest BCUT2D eigenvalue weighted by atomic mass is 35.5. The fraction of sp³-hybridized carbons (Fsp3) is 0.273. The predicted molar refractivity (Wildman–Crippen MR) is 65.2 cm³/mol. The molecular formula is C11H10ClN5O. The summed E-state index contributed by atoms with van der Waals surface area (Å²) in [5.41, 5.74) is 2.71. The predicted octanol–water partition coefficient (Wildman–Crippen LogP) is 1.91. The van der Waals surface area contributed by atoms with E-state index in [1.165, 1.54) is 6.39 Å². The summed E-state index contributed by atoms with van der Waals surface area (Å²) in [6, 6.07) is 1.92. The van der Waals surface area contributed by atoms with Crippen molar-refractivity contribution < 1.29 is 4.52 Å². The molecule has 3 heterocycles. The van der Waals surface area contributed by atoms with Gasteiger partial charge in [0, 0.05) is 6.20 Å². The molecule has 3 aromatic rings. The topological polar surface area (TPSA) is 69.6 Å². The molecule has 0 aliphatic heterocycles. The lowest BCUT2D eigenvalue weighted by atomic mass is 10.3. The molecule has 0 saturated carbocycles. The Hall–Kier alpha value is -1.95. The maximum Gasteiger partial charge on any atom is 0.213 e. The number of aromatic nitrogens is 5. The summed E-state index contributed by atoms with van der Waals surface area (Å²) in [5.74, 6) is 1.63. The van der Waals surface area contributed by atoms with E-state index in [2.05, 4.69) is 20.1 Å². The Bertz CT molecular complexity index is 676. The molecule has 0 N–H and O–H groups in total. The lowest BCUT2D eigenvalue weighted by molar-refractivity contribution is 0.408. The maximum absolute atomic E-state index is 5.92. The second-order valence-electron chi connectivity index (χ2n) is 3.90. The Morgan fingerprint density at radius 2 is 2.28 bits per heavy atom. The Morgan fingerprint density at radius 1 is 1.39 bits per heavy atom. The molecule has 18 heavy (non-hydrogen) atoms. The monoisotopic (exact) mass is 263 g/mol. The summed E-state index contributed by atoms with van der Waals surface area (Å²) < 4.78 is 6.63. The molecule has 3 rings (SSSR count). The number of aryl methyl sites for hydroxylation is 1. The third-order valence-corrected chi connectivity index (χ3v) is 2.98. The van der Waals surface area contributed by atoms with Crippen LogP contribution in [0.1, 0.15) is 17.2 Å². The van der Waals surface area contributed by atoms with Gasteiger partial charge in [-0.25, -0.2) is 9.97 Å². The second-order valence-corrected chi connectivity index (χ2v) is 4.16. The molecule has 0 radical (unpaired) electrons. The molecule has 0 aliphatic rings. The fourth-order valence-corrected chi connectivity index (χ4v) is 2.06. The van der Waals surface area contributed by atoms with Gasteiger partial charge in [0.25, 0.3) is 0 Å². The zero-order chi connectivity index (χ0) is 12.5. The Balaban J connectivity index is 2.17. The molecule has 0 aliphatic carbocycles. The number of alkyl halides is 1. The molecule has 0 aromatic carbocycles. The molecule has 3 aromatic heterocycles. The van der Waals surface area contributed by atoms with Crippen molar-refractivity contribution >= 4 is 22.8 Å². The van der Waals surface area contributed by atoms with Crippen LogP contribution in [-0.2, 0) is 12.4 Å². The summed E-state index contributed by atoms with van der Waals surface area (Å²) in [7, 11) is 0. The number of imidazole rings is 1. The van der Waals surface area contributed by atoms with Crippen LogP contribution >= 0.6 is 11.6 Å². The first-order valence-corrected chi connectivity index (χ1v) is 5.95. The first kappa shape index (κ1) is 11.2. The summed E-state index contributed by atoms with van der Waals surface area (Å²) in [6.07, 6.45) is 3.05. The number of hydrogen-bond acceptors (Lipinski definition) is 5. The molecule has 0 bridgehead atoms. The van der Waals surface area contributed by atoms with Gasteiger partial charge in [0.2, 0.25) is 6.39 Å². The largest absolute Gasteiger partial charge is 0.343 e. The highest BCUT2D eigenvalue weighted by molar-refractivity contribution is 6.16. The van der Waals surface area contributed by atoms with Crippen LogP contribution in [0.25, 0.3) is 11.2 Å². The summed E-state index contributed by atoms with van der Waals surface area (Å²) >= 11 is 5.92. The first-order valence-electron chi connectivity index (χ1n) is 5.41. The minimum atomic E-state index is 0.313. The molecule has 7 heteroatoms. The van der Waals surface area contributed by atoms with Gasteiger partial charge in [-0.1, -0.05) is 5.16 Å². The molecule has 92 valence electrons. The normalized spacial score (nSPS) is 11.2. The standard InChI is InChI=1S/C11H10ClN5O/c1-7-2-3-13-11-10(7)15-9(4-12)17(11)5-8-14-6-18-16-8/h2-3,6H,4-5H2,1H3. The number of halogens is 1. The van der Waals surface area contributed by atoms with Gasteiger partial charge >= 0.3 is 0 Å². The summed E-state index contributed by atoms with van der Waals surface area (Å²) in [4.78, 5) is 12.8. The fourth-order valence-electron chi connectivity index (χ4n) is 1.86. The molecule has 6 nitrogen and oxygen atoms in total. The smallest absolute Gasteiger partial charge is 0.213 e. The lowest BCUT2D eigenvalue weighted by Crippen LogP contribution is -2.06. The Labute approximate surface area is 108 Å². The van der Waals surface area contributed by atoms with Crippen molar-refractivity contribution in [2.75, 3.05) is 0 Å². The van der Waals surface area contributed by atoms with Crippen LogP contribution < -0.4 is 0 Å². The second kappa shape index (κ2) is 4.38. The van der Waals surface area contributed by atoms with Crippen LogP contribution in [0.4, 0.5) is 0 Å². The summed E-state index contributed by atoms with van der Waals surface area (Å²) in [5, 5.41) is 3.79. The van der Waals surface area contributed by atoms with E-state index >= 15 is 0 Å². The van der Waals surface area contributed by atoms with Gasteiger partial charge in [0.05, 0.1) is 12.4 Å². The van der Waals surface area contributed by atoms with E-state index in [1.54, 1.807) is 6.20 Å². The van der Waals surface area contributed by atoms with Gasteiger partial charge < -0.3 is 9.09 Å². The number of hydrogen-bond donors (Lipinski definition) is 0. The van der Waals surface area contributed by atoms with Crippen LogP contribution in [0.2, 0.25) is 0 Å². The van der Waals surface area contributed by atoms with Crippen LogP contribution in [0, 0.1) is 6.92 Å². The van der Waals surface area contributed by atoms with Crippen LogP contribution in [-0.4, -0.2) is 24.7 Å². The summed E-state index contributed by atoms with van der Waals surface area (Å²) in [6.45, 7) is 2.44. The average Bonchev–Trinajstić information content (AvgIpc) is 2.99. The zero-order valence-corrected chi connectivity index (χ0v) is 10.4. The van der Waals surface area contributed by atoms with Gasteiger partial charge in [-0.05, 0) is 18.6 Å². The van der Waals surface area contributed by atoms with E-state index in [0.717, 1.165) is 22.6 Å². The minimum absolute atomic E-state index is 0.313. The molecular weight excluding hydrogens is 254 g/mol. The van der Waals surface area contributed by atoms with Crippen molar-refractivity contribution in [3.8, 4) is 0 Å². The quantitative estimate of drug-likeness (QED) is 0.675. The first-order chi connectivity index (χ1) is 8.79. The van der Waals surface area contributed by atoms with Crippen molar-refractivity contribution in [2.24, 2.45) is 0 Å². The molecule has 0 fully saturated rings. The third-order valence-electron chi connectivity index (χ3n) is 2.74. The van der Waals surface area contributed by atoms with Gasteiger partial charge in [-0.15, -0.1) is 11.6 Å². The Kier molecular flexibility index (Phi) is 2.71. The van der Waals surface area contributed by atoms with Gasteiger partial charge in [-0.2, -0.15) is 4.98 Å². The van der Waals surface area contributed by atoms with Crippen molar-refractivity contribution in [1.29, 1.82) is 0 Å². The van der Waals surface area contributed by atoms with Crippen molar-refractivity contribution in [3.05, 3.63) is 35.9 Å².